The van der Waals surface area contributed by atoms with E-state index in [0.29, 0.717) is 11.1 Å². The molecule has 4 rings (SSSR count). The van der Waals surface area contributed by atoms with Gasteiger partial charge < -0.3 is 9.15 Å². The van der Waals surface area contributed by atoms with Crippen LogP contribution in [0.1, 0.15) is 21.9 Å². The number of hydrogen-bond acceptors (Lipinski definition) is 8. The molecular formula is C18H16N4O2S2. The van der Waals surface area contributed by atoms with E-state index < -0.39 is 0 Å². The van der Waals surface area contributed by atoms with Crippen LogP contribution in [0, 0.1) is 20.8 Å². The zero-order valence-electron chi connectivity index (χ0n) is 14.5. The van der Waals surface area contributed by atoms with Crippen LogP contribution in [0.5, 0.6) is 5.75 Å². The largest absolute Gasteiger partial charge is 0.484 e. The highest BCUT2D eigenvalue weighted by molar-refractivity contribution is 7.99. The van der Waals surface area contributed by atoms with Crippen molar-refractivity contribution in [2.75, 3.05) is 0 Å². The van der Waals surface area contributed by atoms with Crippen molar-refractivity contribution >= 4 is 33.3 Å². The molecule has 0 fully saturated rings. The maximum absolute atomic E-state index is 5.81. The Bertz CT molecular complexity index is 1070. The zero-order valence-corrected chi connectivity index (χ0v) is 16.1. The highest BCUT2D eigenvalue weighted by atomic mass is 32.2. The fourth-order valence-corrected chi connectivity index (χ4v) is 4.12. The van der Waals surface area contributed by atoms with Gasteiger partial charge in [0.25, 0.3) is 11.1 Å². The van der Waals surface area contributed by atoms with E-state index in [-0.39, 0.29) is 6.61 Å². The van der Waals surface area contributed by atoms with Gasteiger partial charge in [-0.25, -0.2) is 9.97 Å². The number of nitrogens with zero attached hydrogens (tertiary/aromatic N) is 4. The third kappa shape index (κ3) is 3.56. The molecule has 132 valence electrons. The predicted octanol–water partition coefficient (Wildman–Crippen LogP) is 4.73. The average Bonchev–Trinajstić information content (AvgIpc) is 3.22. The summed E-state index contributed by atoms with van der Waals surface area (Å²) in [6.07, 6.45) is 1.56. The van der Waals surface area contributed by atoms with E-state index in [2.05, 4.69) is 39.2 Å². The number of aromatic nitrogens is 4. The number of thiophene rings is 1. The molecule has 0 atom stereocenters. The summed E-state index contributed by atoms with van der Waals surface area (Å²) < 4.78 is 11.5. The molecule has 0 aliphatic carbocycles. The maximum Gasteiger partial charge on any atom is 0.283 e. The molecule has 3 heterocycles. The minimum atomic E-state index is 0.231. The Hall–Kier alpha value is -2.45. The van der Waals surface area contributed by atoms with Gasteiger partial charge in [-0.2, -0.15) is 0 Å². The summed E-state index contributed by atoms with van der Waals surface area (Å²) in [6, 6.07) is 8.16. The number of ether oxygens (including phenoxy) is 1. The molecule has 0 radical (unpaired) electrons. The number of benzene rings is 1. The molecule has 3 aromatic heterocycles. The molecule has 6 nitrogen and oxygen atoms in total. The minimum absolute atomic E-state index is 0.231. The van der Waals surface area contributed by atoms with E-state index in [4.69, 9.17) is 9.15 Å². The summed E-state index contributed by atoms with van der Waals surface area (Å²) in [5.41, 5.74) is 2.21. The van der Waals surface area contributed by atoms with Gasteiger partial charge in [0.15, 0.2) is 6.61 Å². The minimum Gasteiger partial charge on any atom is -0.484 e. The van der Waals surface area contributed by atoms with Gasteiger partial charge in [0.05, 0.1) is 0 Å². The molecule has 0 aliphatic heterocycles. The third-order valence-electron chi connectivity index (χ3n) is 3.74. The maximum atomic E-state index is 5.81. The summed E-state index contributed by atoms with van der Waals surface area (Å²) in [7, 11) is 0. The monoisotopic (exact) mass is 384 g/mol. The van der Waals surface area contributed by atoms with Crippen LogP contribution in [0.25, 0.3) is 10.2 Å². The van der Waals surface area contributed by atoms with Crippen molar-refractivity contribution in [1.29, 1.82) is 0 Å². The molecule has 4 aromatic rings. The second-order valence-corrected chi connectivity index (χ2v) is 8.05. The van der Waals surface area contributed by atoms with Gasteiger partial charge in [0.2, 0.25) is 0 Å². The zero-order chi connectivity index (χ0) is 18.1. The van der Waals surface area contributed by atoms with Crippen molar-refractivity contribution in [2.45, 2.75) is 37.6 Å². The Morgan fingerprint density at radius 1 is 1.12 bits per heavy atom. The van der Waals surface area contributed by atoms with E-state index in [1.165, 1.54) is 16.6 Å². The molecule has 0 bridgehead atoms. The van der Waals surface area contributed by atoms with E-state index in [1.54, 1.807) is 17.7 Å². The fourth-order valence-electron chi connectivity index (χ4n) is 2.46. The van der Waals surface area contributed by atoms with Crippen LogP contribution >= 0.6 is 23.1 Å². The van der Waals surface area contributed by atoms with E-state index >= 15 is 0 Å². The van der Waals surface area contributed by atoms with Crippen molar-refractivity contribution in [3.8, 4) is 5.75 Å². The van der Waals surface area contributed by atoms with Gasteiger partial charge in [0.1, 0.15) is 21.9 Å². The van der Waals surface area contributed by atoms with Gasteiger partial charge in [-0.05, 0) is 55.8 Å². The number of rotatable bonds is 5. The Morgan fingerprint density at radius 2 is 2.00 bits per heavy atom. The summed E-state index contributed by atoms with van der Waals surface area (Å²) in [6.45, 7) is 6.32. The average molecular weight is 384 g/mol. The lowest BCUT2D eigenvalue weighted by molar-refractivity contribution is 0.250. The highest BCUT2D eigenvalue weighted by Gasteiger charge is 2.14. The van der Waals surface area contributed by atoms with E-state index in [9.17, 15) is 0 Å². The first-order valence-electron chi connectivity index (χ1n) is 8.00. The lowest BCUT2D eigenvalue weighted by Gasteiger charge is -2.07. The fraction of sp³-hybridized carbons (Fsp3) is 0.222. The van der Waals surface area contributed by atoms with Crippen LogP contribution < -0.4 is 4.74 Å². The quantitative estimate of drug-likeness (QED) is 0.461. The molecule has 8 heteroatoms. The molecule has 26 heavy (non-hydrogen) atoms. The topological polar surface area (TPSA) is 73.9 Å². The Morgan fingerprint density at radius 3 is 2.88 bits per heavy atom. The van der Waals surface area contributed by atoms with Crippen LogP contribution in [0.15, 0.2) is 45.3 Å². The van der Waals surface area contributed by atoms with Crippen LogP contribution in [0.4, 0.5) is 0 Å². The van der Waals surface area contributed by atoms with Crippen LogP contribution in [-0.4, -0.2) is 20.2 Å². The van der Waals surface area contributed by atoms with Crippen molar-refractivity contribution in [2.24, 2.45) is 0 Å². The first-order chi connectivity index (χ1) is 12.6. The number of aryl methyl sites for hydroxylation is 3. The van der Waals surface area contributed by atoms with Gasteiger partial charge in [-0.15, -0.1) is 21.5 Å². The molecule has 0 saturated heterocycles. The highest BCUT2D eigenvalue weighted by Crippen LogP contribution is 2.33. The third-order valence-corrected chi connectivity index (χ3v) is 5.56. The summed E-state index contributed by atoms with van der Waals surface area (Å²) in [4.78, 5) is 10.8. The van der Waals surface area contributed by atoms with Crippen molar-refractivity contribution in [1.82, 2.24) is 20.2 Å². The standard InChI is InChI=1S/C18H16N4O2S2/c1-10-4-5-11(2)14(6-10)23-8-15-21-22-18(24-15)26-17-13-7-12(3)25-16(13)19-9-20-17/h4-7,9H,8H2,1-3H3. The summed E-state index contributed by atoms with van der Waals surface area (Å²) >= 11 is 2.98. The van der Waals surface area contributed by atoms with Crippen LogP contribution in [0.3, 0.4) is 0 Å². The first kappa shape index (κ1) is 17.0. The molecule has 0 spiro atoms. The molecular weight excluding hydrogens is 368 g/mol. The van der Waals surface area contributed by atoms with Gasteiger partial charge in [-0.1, -0.05) is 12.1 Å². The molecule has 0 aliphatic rings. The van der Waals surface area contributed by atoms with Crippen molar-refractivity contribution in [3.05, 3.63) is 52.5 Å². The number of fused-ring (bicyclic) bond motifs is 1. The smallest absolute Gasteiger partial charge is 0.283 e. The Labute approximate surface area is 158 Å². The SMILES string of the molecule is Cc1ccc(C)c(OCc2nnc(Sc3ncnc4sc(C)cc34)o2)c1. The molecule has 0 unspecified atom stereocenters. The van der Waals surface area contributed by atoms with Gasteiger partial charge in [0, 0.05) is 10.3 Å². The normalized spacial score (nSPS) is 11.2. The Balaban J connectivity index is 1.48. The molecule has 0 saturated carbocycles. The molecule has 0 amide bonds. The summed E-state index contributed by atoms with van der Waals surface area (Å²) in [5.74, 6) is 1.25. The lowest BCUT2D eigenvalue weighted by Crippen LogP contribution is -1.97. The van der Waals surface area contributed by atoms with Crippen molar-refractivity contribution in [3.63, 3.8) is 0 Å². The van der Waals surface area contributed by atoms with E-state index in [0.717, 1.165) is 32.1 Å². The van der Waals surface area contributed by atoms with Gasteiger partial charge >= 0.3 is 0 Å². The lowest BCUT2D eigenvalue weighted by atomic mass is 10.1. The predicted molar refractivity (Wildman–Crippen MR) is 101 cm³/mol. The van der Waals surface area contributed by atoms with Crippen LogP contribution in [0.2, 0.25) is 0 Å². The first-order valence-corrected chi connectivity index (χ1v) is 9.63. The molecule has 1 aromatic carbocycles. The van der Waals surface area contributed by atoms with Crippen LogP contribution in [-0.2, 0) is 6.61 Å². The number of hydrogen-bond donors (Lipinski definition) is 0. The van der Waals surface area contributed by atoms with E-state index in [1.807, 2.05) is 26.0 Å². The Kier molecular flexibility index (Phi) is 4.60. The second-order valence-electron chi connectivity index (χ2n) is 5.88. The molecule has 0 N–H and O–H groups in total. The van der Waals surface area contributed by atoms with Gasteiger partial charge in [-0.3, -0.25) is 0 Å². The second kappa shape index (κ2) is 7.05. The van der Waals surface area contributed by atoms with Crippen molar-refractivity contribution < 1.29 is 9.15 Å². The summed E-state index contributed by atoms with van der Waals surface area (Å²) in [5, 5.41) is 10.4.